The number of benzene rings is 1. The number of anilines is 1. The SMILES string of the molecule is COc1ccc(C(=O)Nc2ccc[nH]2)cc1. The third-order valence-electron chi connectivity index (χ3n) is 2.20. The molecule has 82 valence electrons. The molecule has 1 heterocycles. The van der Waals surface area contributed by atoms with Gasteiger partial charge in [0.1, 0.15) is 11.6 Å². The summed E-state index contributed by atoms with van der Waals surface area (Å²) in [6, 6.07) is 10.6. The van der Waals surface area contributed by atoms with Crippen molar-refractivity contribution in [2.75, 3.05) is 12.4 Å². The molecule has 0 radical (unpaired) electrons. The second-order valence-corrected chi connectivity index (χ2v) is 3.27. The van der Waals surface area contributed by atoms with Gasteiger partial charge in [0.15, 0.2) is 0 Å². The van der Waals surface area contributed by atoms with Crippen molar-refractivity contribution in [1.82, 2.24) is 4.98 Å². The molecule has 0 aliphatic carbocycles. The fourth-order valence-corrected chi connectivity index (χ4v) is 1.34. The highest BCUT2D eigenvalue weighted by Crippen LogP contribution is 2.12. The predicted molar refractivity (Wildman–Crippen MR) is 61.7 cm³/mol. The lowest BCUT2D eigenvalue weighted by Crippen LogP contribution is -2.11. The number of carbonyl (C=O) groups excluding carboxylic acids is 1. The molecule has 0 unspecified atom stereocenters. The number of amides is 1. The number of carbonyl (C=O) groups is 1. The third-order valence-corrected chi connectivity index (χ3v) is 2.20. The Morgan fingerprint density at radius 2 is 2.00 bits per heavy atom. The van der Waals surface area contributed by atoms with Crippen LogP contribution in [0.1, 0.15) is 10.4 Å². The highest BCUT2D eigenvalue weighted by molar-refractivity contribution is 6.03. The van der Waals surface area contributed by atoms with E-state index < -0.39 is 0 Å². The zero-order chi connectivity index (χ0) is 11.4. The monoisotopic (exact) mass is 216 g/mol. The Kier molecular flexibility index (Phi) is 2.91. The summed E-state index contributed by atoms with van der Waals surface area (Å²) in [5, 5.41) is 2.74. The Hall–Kier alpha value is -2.23. The first-order valence-electron chi connectivity index (χ1n) is 4.88. The maximum Gasteiger partial charge on any atom is 0.256 e. The number of methoxy groups -OCH3 is 1. The molecule has 4 nitrogen and oxygen atoms in total. The largest absolute Gasteiger partial charge is 0.497 e. The van der Waals surface area contributed by atoms with Crippen LogP contribution in [0.2, 0.25) is 0 Å². The Balaban J connectivity index is 2.09. The lowest BCUT2D eigenvalue weighted by molar-refractivity contribution is 0.102. The van der Waals surface area contributed by atoms with Gasteiger partial charge < -0.3 is 15.0 Å². The Bertz CT molecular complexity index is 460. The predicted octanol–water partition coefficient (Wildman–Crippen LogP) is 2.28. The van der Waals surface area contributed by atoms with E-state index >= 15 is 0 Å². The highest BCUT2D eigenvalue weighted by Gasteiger charge is 2.05. The standard InChI is InChI=1S/C12H12N2O2/c1-16-10-6-4-9(5-7-10)12(15)14-11-3-2-8-13-11/h2-8,13H,1H3,(H,14,15). The van der Waals surface area contributed by atoms with Crippen LogP contribution >= 0.6 is 0 Å². The number of ether oxygens (including phenoxy) is 1. The fourth-order valence-electron chi connectivity index (χ4n) is 1.34. The third kappa shape index (κ3) is 2.23. The summed E-state index contributed by atoms with van der Waals surface area (Å²) < 4.78 is 5.02. The Morgan fingerprint density at radius 1 is 1.25 bits per heavy atom. The number of hydrogen-bond donors (Lipinski definition) is 2. The molecule has 16 heavy (non-hydrogen) atoms. The number of aromatic nitrogens is 1. The lowest BCUT2D eigenvalue weighted by Gasteiger charge is -2.04. The molecule has 0 saturated heterocycles. The van der Waals surface area contributed by atoms with E-state index in [1.807, 2.05) is 6.07 Å². The van der Waals surface area contributed by atoms with Crippen molar-refractivity contribution in [3.8, 4) is 5.75 Å². The molecule has 0 fully saturated rings. The van der Waals surface area contributed by atoms with Crippen molar-refractivity contribution in [2.24, 2.45) is 0 Å². The van der Waals surface area contributed by atoms with Crippen molar-refractivity contribution in [1.29, 1.82) is 0 Å². The highest BCUT2D eigenvalue weighted by atomic mass is 16.5. The van der Waals surface area contributed by atoms with Crippen LogP contribution in [-0.4, -0.2) is 18.0 Å². The summed E-state index contributed by atoms with van der Waals surface area (Å²) in [7, 11) is 1.59. The van der Waals surface area contributed by atoms with Crippen LogP contribution in [0.3, 0.4) is 0 Å². The molecule has 2 aromatic rings. The number of H-pyrrole nitrogens is 1. The minimum absolute atomic E-state index is 0.148. The molecule has 0 aliphatic rings. The first kappa shape index (κ1) is 10.3. The smallest absolute Gasteiger partial charge is 0.256 e. The quantitative estimate of drug-likeness (QED) is 0.826. The summed E-state index contributed by atoms with van der Waals surface area (Å²) in [5.41, 5.74) is 0.593. The lowest BCUT2D eigenvalue weighted by atomic mass is 10.2. The average Bonchev–Trinajstić information content (AvgIpc) is 2.82. The summed E-state index contributed by atoms with van der Waals surface area (Å²) in [5.74, 6) is 1.27. The van der Waals surface area contributed by atoms with Crippen molar-refractivity contribution < 1.29 is 9.53 Å². The summed E-state index contributed by atoms with van der Waals surface area (Å²) in [6.45, 7) is 0. The number of aromatic amines is 1. The molecule has 0 saturated carbocycles. The molecular weight excluding hydrogens is 204 g/mol. The summed E-state index contributed by atoms with van der Waals surface area (Å²) in [4.78, 5) is 14.6. The number of hydrogen-bond acceptors (Lipinski definition) is 2. The summed E-state index contributed by atoms with van der Waals surface area (Å²) >= 11 is 0. The Morgan fingerprint density at radius 3 is 2.56 bits per heavy atom. The van der Waals surface area contributed by atoms with Crippen molar-refractivity contribution in [3.05, 3.63) is 48.2 Å². The normalized spacial score (nSPS) is 9.81. The van der Waals surface area contributed by atoms with Crippen LogP contribution in [0, 0.1) is 0 Å². The van der Waals surface area contributed by atoms with E-state index in [1.165, 1.54) is 0 Å². The maximum atomic E-state index is 11.7. The van der Waals surface area contributed by atoms with Crippen molar-refractivity contribution in [2.45, 2.75) is 0 Å². The number of rotatable bonds is 3. The van der Waals surface area contributed by atoms with Gasteiger partial charge in [-0.15, -0.1) is 0 Å². The van der Waals surface area contributed by atoms with Crippen LogP contribution in [0.4, 0.5) is 5.82 Å². The first-order chi connectivity index (χ1) is 7.79. The van der Waals surface area contributed by atoms with Gasteiger partial charge in [-0.05, 0) is 36.4 Å². The van der Waals surface area contributed by atoms with E-state index in [-0.39, 0.29) is 5.91 Å². The maximum absolute atomic E-state index is 11.7. The molecule has 2 rings (SSSR count). The van der Waals surface area contributed by atoms with Crippen LogP contribution in [0.25, 0.3) is 0 Å². The first-order valence-corrected chi connectivity index (χ1v) is 4.88. The van der Waals surface area contributed by atoms with E-state index in [9.17, 15) is 4.79 Å². The van der Waals surface area contributed by atoms with Gasteiger partial charge in [0.2, 0.25) is 0 Å². The number of nitrogens with one attached hydrogen (secondary N) is 2. The van der Waals surface area contributed by atoms with Crippen molar-refractivity contribution >= 4 is 11.7 Å². The van der Waals surface area contributed by atoms with Gasteiger partial charge in [-0.2, -0.15) is 0 Å². The van der Waals surface area contributed by atoms with Gasteiger partial charge in [-0.1, -0.05) is 0 Å². The molecule has 4 heteroatoms. The molecule has 1 aromatic carbocycles. The summed E-state index contributed by atoms with van der Waals surface area (Å²) in [6.07, 6.45) is 1.75. The average molecular weight is 216 g/mol. The minimum Gasteiger partial charge on any atom is -0.497 e. The minimum atomic E-state index is -0.148. The molecule has 0 atom stereocenters. The van der Waals surface area contributed by atoms with Gasteiger partial charge in [0.05, 0.1) is 7.11 Å². The van der Waals surface area contributed by atoms with E-state index in [0.29, 0.717) is 11.4 Å². The molecule has 2 N–H and O–H groups in total. The molecule has 1 amide bonds. The van der Waals surface area contributed by atoms with Crippen LogP contribution < -0.4 is 10.1 Å². The van der Waals surface area contributed by atoms with E-state index in [4.69, 9.17) is 4.74 Å². The topological polar surface area (TPSA) is 54.1 Å². The molecule has 0 aliphatic heterocycles. The molecular formula is C12H12N2O2. The van der Waals surface area contributed by atoms with Gasteiger partial charge in [0, 0.05) is 11.8 Å². The zero-order valence-corrected chi connectivity index (χ0v) is 8.86. The van der Waals surface area contributed by atoms with Crippen molar-refractivity contribution in [3.63, 3.8) is 0 Å². The van der Waals surface area contributed by atoms with Gasteiger partial charge in [0.25, 0.3) is 5.91 Å². The Labute approximate surface area is 93.3 Å². The molecule has 1 aromatic heterocycles. The van der Waals surface area contributed by atoms with E-state index in [1.54, 1.807) is 43.6 Å². The van der Waals surface area contributed by atoms with Crippen LogP contribution in [0.15, 0.2) is 42.6 Å². The van der Waals surface area contributed by atoms with Gasteiger partial charge >= 0.3 is 0 Å². The molecule has 0 spiro atoms. The second kappa shape index (κ2) is 4.53. The fraction of sp³-hybridized carbons (Fsp3) is 0.0833. The van der Waals surface area contributed by atoms with Crippen LogP contribution in [0.5, 0.6) is 5.75 Å². The van der Waals surface area contributed by atoms with Gasteiger partial charge in [-0.25, -0.2) is 0 Å². The van der Waals surface area contributed by atoms with Gasteiger partial charge in [-0.3, -0.25) is 4.79 Å². The zero-order valence-electron chi connectivity index (χ0n) is 8.86. The van der Waals surface area contributed by atoms with E-state index in [0.717, 1.165) is 5.75 Å². The second-order valence-electron chi connectivity index (χ2n) is 3.27. The van der Waals surface area contributed by atoms with E-state index in [2.05, 4.69) is 10.3 Å². The molecule has 0 bridgehead atoms. The van der Waals surface area contributed by atoms with Crippen LogP contribution in [-0.2, 0) is 0 Å².